The lowest BCUT2D eigenvalue weighted by Crippen LogP contribution is -2.44. The zero-order valence-corrected chi connectivity index (χ0v) is 20.0. The van der Waals surface area contributed by atoms with E-state index < -0.39 is 36.3 Å². The summed E-state index contributed by atoms with van der Waals surface area (Å²) >= 11 is 24.1. The molecule has 0 fully saturated rings. The van der Waals surface area contributed by atoms with Crippen LogP contribution in [0.1, 0.15) is 38.8 Å². The van der Waals surface area contributed by atoms with Crippen LogP contribution in [0.2, 0.25) is 20.1 Å². The lowest BCUT2D eigenvalue weighted by molar-refractivity contribution is -0.150. The second kappa shape index (κ2) is 9.27. The molecule has 1 aliphatic rings. The third kappa shape index (κ3) is 4.30. The van der Waals surface area contributed by atoms with E-state index >= 15 is 0 Å². The van der Waals surface area contributed by atoms with E-state index in [1.165, 1.54) is 6.92 Å². The maximum Gasteiger partial charge on any atom is 0.329 e. The zero-order chi connectivity index (χ0) is 23.9. The summed E-state index contributed by atoms with van der Waals surface area (Å²) in [7, 11) is 0. The van der Waals surface area contributed by atoms with Crippen molar-refractivity contribution >= 4 is 75.8 Å². The Kier molecular flexibility index (Phi) is 7.05. The van der Waals surface area contributed by atoms with Crippen LogP contribution in [0.15, 0.2) is 18.2 Å². The highest BCUT2D eigenvalue weighted by Crippen LogP contribution is 2.45. The van der Waals surface area contributed by atoms with Crippen LogP contribution in [0, 0.1) is 13.8 Å². The Bertz CT molecular complexity index is 1130. The topological polar surface area (TPSA) is 92.8 Å². The van der Waals surface area contributed by atoms with Crippen molar-refractivity contribution in [1.29, 1.82) is 0 Å². The number of rotatable bonds is 5. The molecule has 0 saturated carbocycles. The summed E-state index contributed by atoms with van der Waals surface area (Å²) in [5, 5.41) is 1.79. The first-order valence-corrected chi connectivity index (χ1v) is 10.7. The van der Waals surface area contributed by atoms with Crippen molar-refractivity contribution in [2.45, 2.75) is 26.8 Å². The van der Waals surface area contributed by atoms with Crippen LogP contribution < -0.4 is 5.32 Å². The van der Waals surface area contributed by atoms with Gasteiger partial charge in [0.15, 0.2) is 6.61 Å². The SMILES string of the molecule is Cc1ccc(C)c(NC(=O)COC(=O)[C@@H](C)N2C(=O)c3c(Cl)c(Cl)c(Cl)c(Cl)c3C2=O)c1. The molecule has 2 aromatic rings. The molecule has 0 spiro atoms. The molecule has 0 aromatic heterocycles. The molecule has 1 heterocycles. The van der Waals surface area contributed by atoms with Crippen molar-refractivity contribution in [1.82, 2.24) is 4.90 Å². The maximum absolute atomic E-state index is 12.8. The van der Waals surface area contributed by atoms with Crippen molar-refractivity contribution in [2.24, 2.45) is 0 Å². The molecule has 1 atom stereocenters. The average Bonchev–Trinajstić information content (AvgIpc) is 3.01. The number of halogens is 4. The Balaban J connectivity index is 1.72. The summed E-state index contributed by atoms with van der Waals surface area (Å²) in [5.41, 5.74) is 1.87. The number of carbonyl (C=O) groups is 4. The summed E-state index contributed by atoms with van der Waals surface area (Å²) in [6.45, 7) is 4.36. The molecular formula is C21H16Cl4N2O5. The minimum atomic E-state index is -1.36. The van der Waals surface area contributed by atoms with Gasteiger partial charge in [0.25, 0.3) is 17.7 Å². The molecule has 0 unspecified atom stereocenters. The van der Waals surface area contributed by atoms with Gasteiger partial charge in [0.05, 0.1) is 31.2 Å². The third-order valence-corrected chi connectivity index (χ3v) is 6.68. The van der Waals surface area contributed by atoms with Crippen LogP contribution in [-0.4, -0.2) is 41.2 Å². The molecule has 3 rings (SSSR count). The molecular weight excluding hydrogens is 502 g/mol. The number of fused-ring (bicyclic) bond motifs is 1. The zero-order valence-electron chi connectivity index (χ0n) is 17.0. The fourth-order valence-electron chi connectivity index (χ4n) is 3.14. The summed E-state index contributed by atoms with van der Waals surface area (Å²) < 4.78 is 5.01. The van der Waals surface area contributed by atoms with E-state index in [0.29, 0.717) is 10.6 Å². The van der Waals surface area contributed by atoms with E-state index in [1.807, 2.05) is 26.0 Å². The lowest BCUT2D eigenvalue weighted by atomic mass is 10.1. The number of hydrogen-bond donors (Lipinski definition) is 1. The van der Waals surface area contributed by atoms with Crippen molar-refractivity contribution in [3.63, 3.8) is 0 Å². The highest BCUT2D eigenvalue weighted by Gasteiger charge is 2.45. The fourth-order valence-corrected chi connectivity index (χ4v) is 4.15. The lowest BCUT2D eigenvalue weighted by Gasteiger charge is -2.21. The van der Waals surface area contributed by atoms with E-state index in [0.717, 1.165) is 11.1 Å². The van der Waals surface area contributed by atoms with Crippen LogP contribution in [0.5, 0.6) is 0 Å². The Hall–Kier alpha value is -2.32. The average molecular weight is 518 g/mol. The first kappa shape index (κ1) is 24.3. The van der Waals surface area contributed by atoms with E-state index in [1.54, 1.807) is 6.07 Å². The molecule has 32 heavy (non-hydrogen) atoms. The number of aryl methyl sites for hydroxylation is 2. The first-order valence-electron chi connectivity index (χ1n) is 9.23. The molecule has 7 nitrogen and oxygen atoms in total. The second-order valence-corrected chi connectivity index (χ2v) is 8.65. The molecule has 0 saturated heterocycles. The molecule has 0 aliphatic carbocycles. The summed E-state index contributed by atoms with van der Waals surface area (Å²) in [6.07, 6.45) is 0. The van der Waals surface area contributed by atoms with Gasteiger partial charge in [-0.25, -0.2) is 4.79 Å². The summed E-state index contributed by atoms with van der Waals surface area (Å²) in [4.78, 5) is 50.9. The molecule has 168 valence electrons. The Morgan fingerprint density at radius 2 is 1.50 bits per heavy atom. The number of hydrogen-bond acceptors (Lipinski definition) is 5. The monoisotopic (exact) mass is 516 g/mol. The molecule has 11 heteroatoms. The third-order valence-electron chi connectivity index (χ3n) is 4.87. The number of anilines is 1. The van der Waals surface area contributed by atoms with Gasteiger partial charge in [-0.3, -0.25) is 19.3 Å². The van der Waals surface area contributed by atoms with Crippen LogP contribution in [0.4, 0.5) is 5.69 Å². The van der Waals surface area contributed by atoms with Crippen molar-refractivity contribution in [3.05, 3.63) is 60.5 Å². The molecule has 0 bridgehead atoms. The van der Waals surface area contributed by atoms with E-state index in [-0.39, 0.29) is 31.2 Å². The number of amides is 3. The summed E-state index contributed by atoms with van der Waals surface area (Å²) in [6, 6.07) is 4.16. The van der Waals surface area contributed by atoms with E-state index in [9.17, 15) is 19.2 Å². The molecule has 1 aliphatic heterocycles. The van der Waals surface area contributed by atoms with Gasteiger partial charge in [-0.15, -0.1) is 0 Å². The highest BCUT2D eigenvalue weighted by atomic mass is 35.5. The molecule has 0 radical (unpaired) electrons. The minimum absolute atomic E-state index is 0.182. The number of nitrogens with one attached hydrogen (secondary N) is 1. The van der Waals surface area contributed by atoms with Gasteiger partial charge in [0.1, 0.15) is 6.04 Å². The van der Waals surface area contributed by atoms with Crippen molar-refractivity contribution in [2.75, 3.05) is 11.9 Å². The predicted octanol–water partition coefficient (Wildman–Crippen LogP) is 5.08. The predicted molar refractivity (Wildman–Crippen MR) is 122 cm³/mol. The number of esters is 1. The smallest absolute Gasteiger partial charge is 0.329 e. The first-order chi connectivity index (χ1) is 15.0. The van der Waals surface area contributed by atoms with Crippen LogP contribution in [0.25, 0.3) is 0 Å². The van der Waals surface area contributed by atoms with Crippen LogP contribution in [-0.2, 0) is 14.3 Å². The largest absolute Gasteiger partial charge is 0.454 e. The Morgan fingerprint density at radius 3 is 2.03 bits per heavy atom. The standard InChI is InChI=1S/C21H16Cl4N2O5/c1-8-4-5-9(2)11(6-8)26-12(28)7-32-21(31)10(3)27-19(29)13-14(20(27)30)16(23)18(25)17(24)15(13)22/h4-6,10H,7H2,1-3H3,(H,26,28)/t10-/m1/s1. The number of nitrogens with zero attached hydrogens (tertiary/aromatic N) is 1. The van der Waals surface area contributed by atoms with Crippen molar-refractivity contribution in [3.8, 4) is 0 Å². The van der Waals surface area contributed by atoms with Gasteiger partial charge < -0.3 is 10.1 Å². The van der Waals surface area contributed by atoms with E-state index in [4.69, 9.17) is 51.1 Å². The second-order valence-electron chi connectivity index (χ2n) is 7.14. The summed E-state index contributed by atoms with van der Waals surface area (Å²) in [5.74, 6) is -3.30. The maximum atomic E-state index is 12.8. The molecule has 2 aromatic carbocycles. The van der Waals surface area contributed by atoms with Gasteiger partial charge in [-0.1, -0.05) is 58.5 Å². The van der Waals surface area contributed by atoms with Gasteiger partial charge in [-0.2, -0.15) is 0 Å². The van der Waals surface area contributed by atoms with Gasteiger partial charge in [-0.05, 0) is 38.0 Å². The number of ether oxygens (including phenoxy) is 1. The van der Waals surface area contributed by atoms with Crippen LogP contribution in [0.3, 0.4) is 0 Å². The molecule has 3 amide bonds. The van der Waals surface area contributed by atoms with E-state index in [2.05, 4.69) is 5.32 Å². The molecule has 1 N–H and O–H groups in total. The number of carbonyl (C=O) groups excluding carboxylic acids is 4. The number of benzene rings is 2. The fraction of sp³-hybridized carbons (Fsp3) is 0.238. The van der Waals surface area contributed by atoms with Gasteiger partial charge in [0.2, 0.25) is 0 Å². The highest BCUT2D eigenvalue weighted by molar-refractivity contribution is 6.55. The van der Waals surface area contributed by atoms with Crippen molar-refractivity contribution < 1.29 is 23.9 Å². The quantitative estimate of drug-likeness (QED) is 0.258. The number of imide groups is 1. The minimum Gasteiger partial charge on any atom is -0.454 e. The Morgan fingerprint density at radius 1 is 0.969 bits per heavy atom. The van der Waals surface area contributed by atoms with Crippen LogP contribution >= 0.6 is 46.4 Å². The Labute approximate surface area is 203 Å². The van der Waals surface area contributed by atoms with Gasteiger partial charge >= 0.3 is 5.97 Å². The van der Waals surface area contributed by atoms with Gasteiger partial charge in [0, 0.05) is 5.69 Å². The normalized spacial score (nSPS) is 13.8.